The van der Waals surface area contributed by atoms with Crippen molar-refractivity contribution in [2.75, 3.05) is 19.6 Å². The van der Waals surface area contributed by atoms with E-state index in [4.69, 9.17) is 4.42 Å². The van der Waals surface area contributed by atoms with Crippen molar-refractivity contribution in [1.29, 1.82) is 0 Å². The SMILES string of the molecule is CC1(C)CCCN(CC(=O)c2cc3ccccc3o2)CC1. The summed E-state index contributed by atoms with van der Waals surface area (Å²) in [6.07, 6.45) is 3.56. The minimum Gasteiger partial charge on any atom is -0.453 e. The predicted octanol–water partition coefficient (Wildman–Crippen LogP) is 4.13. The van der Waals surface area contributed by atoms with Gasteiger partial charge in [0.15, 0.2) is 5.76 Å². The van der Waals surface area contributed by atoms with Crippen molar-refractivity contribution in [3.05, 3.63) is 36.1 Å². The van der Waals surface area contributed by atoms with E-state index in [-0.39, 0.29) is 5.78 Å². The van der Waals surface area contributed by atoms with Crippen molar-refractivity contribution in [1.82, 2.24) is 4.90 Å². The van der Waals surface area contributed by atoms with Crippen LogP contribution in [0.3, 0.4) is 0 Å². The predicted molar refractivity (Wildman–Crippen MR) is 84.6 cm³/mol. The van der Waals surface area contributed by atoms with Crippen molar-refractivity contribution in [2.45, 2.75) is 33.1 Å². The number of likely N-dealkylation sites (tertiary alicyclic amines) is 1. The van der Waals surface area contributed by atoms with Crippen LogP contribution < -0.4 is 0 Å². The second-order valence-electron chi connectivity index (χ2n) is 6.87. The number of benzene rings is 1. The maximum atomic E-state index is 12.4. The van der Waals surface area contributed by atoms with Crippen LogP contribution in [0.5, 0.6) is 0 Å². The smallest absolute Gasteiger partial charge is 0.211 e. The highest BCUT2D eigenvalue weighted by atomic mass is 16.3. The Labute approximate surface area is 125 Å². The van der Waals surface area contributed by atoms with Crippen molar-refractivity contribution < 1.29 is 9.21 Å². The molecule has 0 aliphatic carbocycles. The standard InChI is InChI=1S/C18H23NO2/c1-18(2)8-5-10-19(11-9-18)13-15(20)17-12-14-6-3-4-7-16(14)21-17/h3-4,6-7,12H,5,8-11,13H2,1-2H3. The fourth-order valence-electron chi connectivity index (χ4n) is 3.04. The van der Waals surface area contributed by atoms with Gasteiger partial charge in [-0.3, -0.25) is 9.69 Å². The molecule has 3 rings (SSSR count). The molecule has 2 heterocycles. The summed E-state index contributed by atoms with van der Waals surface area (Å²) in [5, 5.41) is 0.998. The molecule has 0 saturated carbocycles. The first-order chi connectivity index (χ1) is 10.0. The molecule has 112 valence electrons. The molecule has 3 heteroatoms. The molecule has 21 heavy (non-hydrogen) atoms. The number of ketones is 1. The highest BCUT2D eigenvalue weighted by Gasteiger charge is 2.24. The Morgan fingerprint density at radius 1 is 1.24 bits per heavy atom. The van der Waals surface area contributed by atoms with Crippen LogP contribution in [0, 0.1) is 5.41 Å². The Kier molecular flexibility index (Phi) is 3.85. The average molecular weight is 285 g/mol. The highest BCUT2D eigenvalue weighted by Crippen LogP contribution is 2.29. The molecule has 1 saturated heterocycles. The Morgan fingerprint density at radius 3 is 2.86 bits per heavy atom. The maximum absolute atomic E-state index is 12.4. The van der Waals surface area contributed by atoms with E-state index in [1.54, 1.807) is 0 Å². The van der Waals surface area contributed by atoms with E-state index >= 15 is 0 Å². The first-order valence-electron chi connectivity index (χ1n) is 7.78. The van der Waals surface area contributed by atoms with Crippen LogP contribution in [0.25, 0.3) is 11.0 Å². The number of rotatable bonds is 3. The zero-order chi connectivity index (χ0) is 14.9. The first-order valence-corrected chi connectivity index (χ1v) is 7.78. The van der Waals surface area contributed by atoms with E-state index in [1.165, 1.54) is 12.8 Å². The number of fused-ring (bicyclic) bond motifs is 1. The van der Waals surface area contributed by atoms with Gasteiger partial charge in [-0.05, 0) is 49.9 Å². The molecule has 1 aromatic carbocycles. The van der Waals surface area contributed by atoms with Gasteiger partial charge in [-0.2, -0.15) is 0 Å². The van der Waals surface area contributed by atoms with Gasteiger partial charge in [0.05, 0.1) is 6.54 Å². The summed E-state index contributed by atoms with van der Waals surface area (Å²) >= 11 is 0. The summed E-state index contributed by atoms with van der Waals surface area (Å²) in [7, 11) is 0. The van der Waals surface area contributed by atoms with Crippen LogP contribution in [0.2, 0.25) is 0 Å². The zero-order valence-corrected chi connectivity index (χ0v) is 12.9. The fraction of sp³-hybridized carbons (Fsp3) is 0.500. The monoisotopic (exact) mass is 285 g/mol. The van der Waals surface area contributed by atoms with Gasteiger partial charge in [-0.1, -0.05) is 32.0 Å². The lowest BCUT2D eigenvalue weighted by atomic mass is 9.85. The van der Waals surface area contributed by atoms with Gasteiger partial charge >= 0.3 is 0 Å². The Bertz CT molecular complexity index is 608. The van der Waals surface area contributed by atoms with Gasteiger partial charge in [0.2, 0.25) is 5.78 Å². The molecule has 1 aliphatic rings. The molecule has 0 spiro atoms. The Hall–Kier alpha value is -1.61. The van der Waals surface area contributed by atoms with Gasteiger partial charge in [0.25, 0.3) is 0 Å². The highest BCUT2D eigenvalue weighted by molar-refractivity contribution is 5.98. The minimum absolute atomic E-state index is 0.0888. The normalized spacial score (nSPS) is 19.5. The lowest BCUT2D eigenvalue weighted by Crippen LogP contribution is -2.31. The number of nitrogens with zero attached hydrogens (tertiary/aromatic N) is 1. The van der Waals surface area contributed by atoms with Gasteiger partial charge in [0.1, 0.15) is 5.58 Å². The summed E-state index contributed by atoms with van der Waals surface area (Å²) in [6.45, 7) is 7.11. The number of para-hydroxylation sites is 1. The fourth-order valence-corrected chi connectivity index (χ4v) is 3.04. The topological polar surface area (TPSA) is 33.5 Å². The van der Waals surface area contributed by atoms with Crippen LogP contribution in [0.15, 0.2) is 34.7 Å². The molecule has 0 N–H and O–H groups in total. The molecule has 2 aromatic rings. The quantitative estimate of drug-likeness (QED) is 0.795. The second-order valence-corrected chi connectivity index (χ2v) is 6.87. The number of hydrogen-bond acceptors (Lipinski definition) is 3. The van der Waals surface area contributed by atoms with Crippen LogP contribution >= 0.6 is 0 Å². The summed E-state index contributed by atoms with van der Waals surface area (Å²) < 4.78 is 5.67. The number of carbonyl (C=O) groups excluding carboxylic acids is 1. The summed E-state index contributed by atoms with van der Waals surface area (Å²) in [5.41, 5.74) is 1.19. The molecule has 0 amide bonds. The van der Waals surface area contributed by atoms with Crippen molar-refractivity contribution in [3.63, 3.8) is 0 Å². The van der Waals surface area contributed by atoms with Gasteiger partial charge in [0, 0.05) is 5.39 Å². The molecule has 0 unspecified atom stereocenters. The number of carbonyl (C=O) groups is 1. The van der Waals surface area contributed by atoms with Crippen LogP contribution in [0.4, 0.5) is 0 Å². The third kappa shape index (κ3) is 3.35. The summed E-state index contributed by atoms with van der Waals surface area (Å²) in [5.74, 6) is 0.575. The van der Waals surface area contributed by atoms with Gasteiger partial charge < -0.3 is 4.42 Å². The molecule has 1 aliphatic heterocycles. The van der Waals surface area contributed by atoms with Crippen LogP contribution in [0.1, 0.15) is 43.7 Å². The molecule has 3 nitrogen and oxygen atoms in total. The van der Waals surface area contributed by atoms with E-state index in [0.717, 1.165) is 30.5 Å². The van der Waals surface area contributed by atoms with E-state index in [2.05, 4.69) is 18.7 Å². The van der Waals surface area contributed by atoms with E-state index in [9.17, 15) is 4.79 Å². The second kappa shape index (κ2) is 5.64. The molecular formula is C18H23NO2. The largest absolute Gasteiger partial charge is 0.453 e. The van der Waals surface area contributed by atoms with E-state index in [1.807, 2.05) is 30.3 Å². The molecule has 0 atom stereocenters. The Morgan fingerprint density at radius 2 is 2.05 bits per heavy atom. The third-order valence-electron chi connectivity index (χ3n) is 4.50. The van der Waals surface area contributed by atoms with E-state index in [0.29, 0.717) is 17.7 Å². The molecule has 0 radical (unpaired) electrons. The summed E-state index contributed by atoms with van der Waals surface area (Å²) in [4.78, 5) is 14.7. The third-order valence-corrected chi connectivity index (χ3v) is 4.50. The van der Waals surface area contributed by atoms with Crippen molar-refractivity contribution >= 4 is 16.8 Å². The van der Waals surface area contributed by atoms with Gasteiger partial charge in [-0.15, -0.1) is 0 Å². The Balaban J connectivity index is 1.68. The molecule has 0 bridgehead atoms. The number of hydrogen-bond donors (Lipinski definition) is 0. The lowest BCUT2D eigenvalue weighted by molar-refractivity contribution is 0.0905. The number of furan rings is 1. The molecule has 1 aromatic heterocycles. The minimum atomic E-state index is 0.0888. The molecular weight excluding hydrogens is 262 g/mol. The zero-order valence-electron chi connectivity index (χ0n) is 12.9. The van der Waals surface area contributed by atoms with Crippen LogP contribution in [-0.4, -0.2) is 30.3 Å². The van der Waals surface area contributed by atoms with Crippen molar-refractivity contribution in [2.24, 2.45) is 5.41 Å². The number of Topliss-reactive ketones (excluding diaryl/α,β-unsaturated/α-hetero) is 1. The average Bonchev–Trinajstić information content (AvgIpc) is 2.81. The first kappa shape index (κ1) is 14.3. The summed E-state index contributed by atoms with van der Waals surface area (Å²) in [6, 6.07) is 9.63. The van der Waals surface area contributed by atoms with E-state index < -0.39 is 0 Å². The van der Waals surface area contributed by atoms with Crippen molar-refractivity contribution in [3.8, 4) is 0 Å². The molecule has 1 fully saturated rings. The van der Waals surface area contributed by atoms with Gasteiger partial charge in [-0.25, -0.2) is 0 Å². The maximum Gasteiger partial charge on any atom is 0.211 e. The van der Waals surface area contributed by atoms with Crippen LogP contribution in [-0.2, 0) is 0 Å². The lowest BCUT2D eigenvalue weighted by Gasteiger charge is -2.22.